The van der Waals surface area contributed by atoms with Gasteiger partial charge < -0.3 is 20.4 Å². The second kappa shape index (κ2) is 10.3. The van der Waals surface area contributed by atoms with E-state index < -0.39 is 0 Å². The molecule has 0 radical (unpaired) electrons. The van der Waals surface area contributed by atoms with E-state index in [9.17, 15) is 4.79 Å². The fourth-order valence-corrected chi connectivity index (χ4v) is 2.35. The lowest BCUT2D eigenvalue weighted by Gasteiger charge is -2.12. The number of nitrogens with two attached hydrogens (primary N) is 1. The molecule has 1 aromatic heterocycles. The monoisotopic (exact) mass is 409 g/mol. The number of methoxy groups -OCH3 is 1. The number of carbonyl (C=O) groups excluding carboxylic acids is 1. The molecule has 0 atom stereocenters. The van der Waals surface area contributed by atoms with Gasteiger partial charge in [-0.25, -0.2) is 0 Å². The van der Waals surface area contributed by atoms with Crippen LogP contribution in [0.15, 0.2) is 18.5 Å². The van der Waals surface area contributed by atoms with Gasteiger partial charge in [-0.05, 0) is 6.07 Å². The van der Waals surface area contributed by atoms with Gasteiger partial charge in [0.15, 0.2) is 0 Å². The maximum absolute atomic E-state index is 12.3. The van der Waals surface area contributed by atoms with Gasteiger partial charge in [0.05, 0.1) is 23.4 Å². The normalized spacial score (nSPS) is 9.96. The molecule has 0 saturated heterocycles. The van der Waals surface area contributed by atoms with E-state index in [0.717, 1.165) is 5.82 Å². The molecule has 0 fully saturated rings. The Labute approximate surface area is 164 Å². The number of hydrogen-bond donors (Lipinski definition) is 2. The summed E-state index contributed by atoms with van der Waals surface area (Å²) in [5.74, 6) is 1.26. The second-order valence-electron chi connectivity index (χ2n) is 5.37. The predicted molar refractivity (Wildman–Crippen MR) is 103 cm³/mol. The molecule has 2 rings (SSSR count). The zero-order valence-corrected chi connectivity index (χ0v) is 16.5. The minimum absolute atomic E-state index is 0. The fraction of sp³-hybridized carbons (Fsp3) is 0.400. The number of aromatic nitrogens is 3. The Kier molecular flexibility index (Phi) is 9.62. The summed E-state index contributed by atoms with van der Waals surface area (Å²) in [5, 5.41) is 11.1. The molecule has 1 heterocycles. The van der Waals surface area contributed by atoms with Gasteiger partial charge in [-0.1, -0.05) is 25.4 Å². The fourth-order valence-electron chi connectivity index (χ4n) is 2.18. The van der Waals surface area contributed by atoms with Crippen LogP contribution in [-0.4, -0.2) is 34.3 Å². The third-order valence-corrected chi connectivity index (χ3v) is 3.69. The van der Waals surface area contributed by atoms with Crippen LogP contribution in [0.2, 0.25) is 5.02 Å². The molecule has 0 bridgehead atoms. The topological polar surface area (TPSA) is 95.1 Å². The molecule has 3 N–H and O–H groups in total. The number of hydrogen-bond acceptors (Lipinski definition) is 5. The summed E-state index contributed by atoms with van der Waals surface area (Å²) in [5.41, 5.74) is 6.43. The molecule has 0 aliphatic heterocycles. The number of nitrogen functional groups attached to an aromatic ring is 1. The summed E-state index contributed by atoms with van der Waals surface area (Å²) in [4.78, 5) is 12.3. The molecular formula is C15H22Cl3N5O2. The van der Waals surface area contributed by atoms with Crippen molar-refractivity contribution in [1.82, 2.24) is 20.1 Å². The Morgan fingerprint density at radius 3 is 2.68 bits per heavy atom. The van der Waals surface area contributed by atoms with Crippen LogP contribution in [0.3, 0.4) is 0 Å². The average Bonchev–Trinajstić information content (AvgIpc) is 2.98. The Morgan fingerprint density at radius 2 is 2.08 bits per heavy atom. The average molecular weight is 411 g/mol. The van der Waals surface area contributed by atoms with Crippen molar-refractivity contribution in [2.75, 3.05) is 19.4 Å². The Morgan fingerprint density at radius 1 is 1.40 bits per heavy atom. The van der Waals surface area contributed by atoms with Crippen LogP contribution in [0.1, 0.15) is 35.9 Å². The summed E-state index contributed by atoms with van der Waals surface area (Å²) in [6, 6.07) is 3.04. The molecule has 7 nitrogen and oxygen atoms in total. The van der Waals surface area contributed by atoms with E-state index in [-0.39, 0.29) is 36.6 Å². The summed E-state index contributed by atoms with van der Waals surface area (Å²) >= 11 is 5.98. The van der Waals surface area contributed by atoms with Crippen molar-refractivity contribution in [3.63, 3.8) is 0 Å². The number of nitrogens with one attached hydrogen (secondary N) is 1. The van der Waals surface area contributed by atoms with Crippen molar-refractivity contribution in [2.45, 2.75) is 26.3 Å². The first-order chi connectivity index (χ1) is 10.9. The molecular weight excluding hydrogens is 389 g/mol. The van der Waals surface area contributed by atoms with Gasteiger partial charge in [-0.3, -0.25) is 4.79 Å². The zero-order chi connectivity index (χ0) is 17.0. The molecule has 0 spiro atoms. The van der Waals surface area contributed by atoms with Crippen LogP contribution in [-0.2, 0) is 6.54 Å². The number of amides is 1. The van der Waals surface area contributed by atoms with Crippen molar-refractivity contribution >= 4 is 48.0 Å². The molecule has 1 aromatic carbocycles. The summed E-state index contributed by atoms with van der Waals surface area (Å²) in [6.45, 7) is 5.10. The van der Waals surface area contributed by atoms with E-state index in [4.69, 9.17) is 22.1 Å². The molecule has 0 unspecified atom stereocenters. The van der Waals surface area contributed by atoms with Crippen LogP contribution in [0, 0.1) is 0 Å². The van der Waals surface area contributed by atoms with Crippen molar-refractivity contribution in [3.05, 3.63) is 34.9 Å². The highest BCUT2D eigenvalue weighted by atomic mass is 35.5. The largest absolute Gasteiger partial charge is 0.496 e. The molecule has 1 amide bonds. The van der Waals surface area contributed by atoms with Gasteiger partial charge in [0.1, 0.15) is 17.9 Å². The number of benzene rings is 1. The number of ether oxygens (including phenoxy) is 1. The summed E-state index contributed by atoms with van der Waals surface area (Å²) < 4.78 is 7.10. The van der Waals surface area contributed by atoms with Gasteiger partial charge >= 0.3 is 0 Å². The van der Waals surface area contributed by atoms with Crippen LogP contribution in [0.25, 0.3) is 0 Å². The Hall–Kier alpha value is -1.70. The SMILES string of the molecule is COc1cc(N)c(Cl)cc1C(=O)NCCn1cnnc1C(C)C.Cl.Cl. The van der Waals surface area contributed by atoms with E-state index in [2.05, 4.69) is 15.5 Å². The van der Waals surface area contributed by atoms with E-state index in [0.29, 0.717) is 35.1 Å². The molecule has 2 aromatic rings. The van der Waals surface area contributed by atoms with Gasteiger partial charge in [-0.2, -0.15) is 0 Å². The number of carbonyl (C=O) groups is 1. The highest BCUT2D eigenvalue weighted by Gasteiger charge is 2.15. The molecule has 0 aliphatic rings. The summed E-state index contributed by atoms with van der Waals surface area (Å²) in [7, 11) is 1.48. The van der Waals surface area contributed by atoms with E-state index in [1.807, 2.05) is 18.4 Å². The highest BCUT2D eigenvalue weighted by Crippen LogP contribution is 2.28. The lowest BCUT2D eigenvalue weighted by atomic mass is 10.1. The van der Waals surface area contributed by atoms with Gasteiger partial charge in [-0.15, -0.1) is 35.0 Å². The lowest BCUT2D eigenvalue weighted by Crippen LogP contribution is -2.28. The molecule has 10 heteroatoms. The zero-order valence-electron chi connectivity index (χ0n) is 14.2. The Balaban J connectivity index is 0.00000288. The van der Waals surface area contributed by atoms with Gasteiger partial charge in [0.25, 0.3) is 5.91 Å². The van der Waals surface area contributed by atoms with Crippen molar-refractivity contribution in [2.24, 2.45) is 0 Å². The number of anilines is 1. The van der Waals surface area contributed by atoms with E-state index in [1.54, 1.807) is 6.33 Å². The Bertz CT molecular complexity index is 706. The van der Waals surface area contributed by atoms with Crippen LogP contribution >= 0.6 is 36.4 Å². The van der Waals surface area contributed by atoms with Crippen molar-refractivity contribution in [3.8, 4) is 5.75 Å². The van der Waals surface area contributed by atoms with Crippen molar-refractivity contribution in [1.29, 1.82) is 0 Å². The number of nitrogens with zero attached hydrogens (tertiary/aromatic N) is 3. The second-order valence-corrected chi connectivity index (χ2v) is 5.77. The first-order valence-corrected chi connectivity index (χ1v) is 7.60. The number of halogens is 3. The molecule has 0 saturated carbocycles. The highest BCUT2D eigenvalue weighted by molar-refractivity contribution is 6.33. The molecule has 140 valence electrons. The lowest BCUT2D eigenvalue weighted by molar-refractivity contribution is 0.0949. The van der Waals surface area contributed by atoms with Gasteiger partial charge in [0.2, 0.25) is 0 Å². The van der Waals surface area contributed by atoms with Crippen LogP contribution in [0.5, 0.6) is 5.75 Å². The standard InChI is InChI=1S/C15H20ClN5O2.2ClH/c1-9(2)14-20-19-8-21(14)5-4-18-15(22)10-6-11(16)12(17)7-13(10)23-3;;/h6-9H,4-5,17H2,1-3H3,(H,18,22);2*1H. The minimum atomic E-state index is -0.275. The van der Waals surface area contributed by atoms with Crippen molar-refractivity contribution < 1.29 is 9.53 Å². The predicted octanol–water partition coefficient (Wildman–Crippen LogP) is 2.92. The smallest absolute Gasteiger partial charge is 0.255 e. The maximum Gasteiger partial charge on any atom is 0.255 e. The minimum Gasteiger partial charge on any atom is -0.496 e. The van der Waals surface area contributed by atoms with E-state index >= 15 is 0 Å². The maximum atomic E-state index is 12.3. The third-order valence-electron chi connectivity index (χ3n) is 3.36. The quantitative estimate of drug-likeness (QED) is 0.714. The first-order valence-electron chi connectivity index (χ1n) is 7.23. The van der Waals surface area contributed by atoms with E-state index in [1.165, 1.54) is 19.2 Å². The number of rotatable bonds is 6. The third kappa shape index (κ3) is 5.66. The van der Waals surface area contributed by atoms with Crippen LogP contribution in [0.4, 0.5) is 5.69 Å². The first kappa shape index (κ1) is 23.3. The van der Waals surface area contributed by atoms with Crippen LogP contribution < -0.4 is 15.8 Å². The van der Waals surface area contributed by atoms with Gasteiger partial charge in [0, 0.05) is 25.1 Å². The molecule has 25 heavy (non-hydrogen) atoms. The molecule has 0 aliphatic carbocycles. The summed E-state index contributed by atoms with van der Waals surface area (Å²) in [6.07, 6.45) is 1.65.